The zero-order valence-corrected chi connectivity index (χ0v) is 77.6. The number of hydrogen-bond donors (Lipinski definition) is 6. The van der Waals surface area contributed by atoms with Crippen molar-refractivity contribution in [2.45, 2.75) is 160 Å². The van der Waals surface area contributed by atoms with E-state index in [1.807, 2.05) is 174 Å². The molecule has 26 heteroatoms. The van der Waals surface area contributed by atoms with Crippen LogP contribution in [0.3, 0.4) is 0 Å². The Hall–Kier alpha value is -13.5. The predicted molar refractivity (Wildman–Crippen MR) is 490 cm³/mol. The fourth-order valence-electron chi connectivity index (χ4n) is 17.3. The number of carboxylic acids is 6. The third-order valence-corrected chi connectivity index (χ3v) is 24.6. The summed E-state index contributed by atoms with van der Waals surface area (Å²) in [4.78, 5) is 119. The number of carbonyl (C=O) groups is 6. The number of carbonyl (C=O) groups excluding carboxylic acids is 6. The number of allylic oxidation sites excluding steroid dienone is 15. The van der Waals surface area contributed by atoms with Crippen LogP contribution in [0.2, 0.25) is 0 Å². The van der Waals surface area contributed by atoms with Crippen molar-refractivity contribution in [1.82, 2.24) is 59.8 Å². The average Bonchev–Trinajstić information content (AvgIpc) is 1.62. The number of aliphatic carboxylic acids is 6. The molecule has 0 unspecified atom stereocenters. The molecular weight excluding hydrogens is 1980 g/mol. The Morgan fingerprint density at radius 3 is 0.641 bits per heavy atom. The minimum Gasteiger partial charge on any atom is -0.550 e. The van der Waals surface area contributed by atoms with Crippen LogP contribution in [0.5, 0.6) is 0 Å². The van der Waals surface area contributed by atoms with E-state index >= 15 is 0 Å². The summed E-state index contributed by atoms with van der Waals surface area (Å²) >= 11 is 0. The Balaban J connectivity index is 0.000000185. The van der Waals surface area contributed by atoms with Crippen molar-refractivity contribution in [2.75, 3.05) is 0 Å². The molecule has 0 amide bonds. The minimum absolute atomic E-state index is 0. The molecule has 9 aromatic heterocycles. The Bertz CT molecular complexity index is 6430. The number of H-pyrrole nitrogens is 6. The number of aromatic amines is 6. The molecule has 15 heterocycles. The van der Waals surface area contributed by atoms with Crippen molar-refractivity contribution in [3.63, 3.8) is 0 Å². The van der Waals surface area contributed by atoms with E-state index in [0.717, 1.165) is 217 Å². The standard InChI is InChI=1S/3C34H34N4O4.2Au/c3*1-7-21-17(3)25-13-26-19(5)23(9-11-33(39)40)31(37-26)16-32-24(10-12-34(41)42)20(6)28(38-32)15-30-22(8-2)18(4)27(36-30)14-29(21)35-25;;/h3*7-8,13-16,35,38H,1-2,9-12H2,3-6H3,(H,39,40)(H,41,42);;/q;;;2*+3/p-6. The smallest absolute Gasteiger partial charge is 0.550 e. The molecule has 0 saturated carbocycles. The summed E-state index contributed by atoms with van der Waals surface area (Å²) in [6, 6.07) is 23.3. The zero-order valence-electron chi connectivity index (χ0n) is 73.3. The second-order valence-corrected chi connectivity index (χ2v) is 32.1. The average molecular weight is 2080 g/mol. The zero-order chi connectivity index (χ0) is 90.9. The van der Waals surface area contributed by atoms with Gasteiger partial charge in [-0.15, -0.1) is 0 Å². The van der Waals surface area contributed by atoms with Gasteiger partial charge in [0.2, 0.25) is 0 Å². The molecule has 0 aromatic carbocycles. The summed E-state index contributed by atoms with van der Waals surface area (Å²) in [5.41, 5.74) is 39.8. The number of rotatable bonds is 24. The van der Waals surface area contributed by atoms with Crippen molar-refractivity contribution >= 4 is 187 Å². The number of nitrogens with zero attached hydrogens (tertiary/aromatic N) is 6. The van der Waals surface area contributed by atoms with Gasteiger partial charge in [-0.3, -0.25) is 0 Å². The van der Waals surface area contributed by atoms with Crippen molar-refractivity contribution in [2.24, 2.45) is 0 Å². The van der Waals surface area contributed by atoms with E-state index in [1.165, 1.54) is 0 Å². The summed E-state index contributed by atoms with van der Waals surface area (Å²) in [5.74, 6) is -6.83. The SMILES string of the molecule is C=CC1=C(C)c2cc3[nH]c(cc4nc(cc5[nH]c(cc1n2)c(C)c5CCC(=O)[O-])C(CCC(=O)[O-])=C4C)c(C)c3C=C.C=CC1=C(C)c2cc3[nH]c(cc4nc(cc5[nH]c(cc1n2)c(C)c5CCC(=O)[O-])C(CCC(=O)[O-])=C4C)c(C)c3C=C.C=CC1=C(C)c2cc3[nH]c(cc4nc(cc5[nH]c(cc1n2)c(C)c5CCC(=O)[O-])C(CCC(=O)[O-])=C4C)c(C)c3C=C.[Au+3].[Au+3]. The molecule has 6 aliphatic rings. The van der Waals surface area contributed by atoms with Crippen LogP contribution in [-0.4, -0.2) is 95.6 Å². The van der Waals surface area contributed by atoms with Gasteiger partial charge in [0.05, 0.1) is 68.3 Å². The maximum Gasteiger partial charge on any atom is 3.00 e. The van der Waals surface area contributed by atoms with Gasteiger partial charge in [-0.05, 0) is 333 Å². The van der Waals surface area contributed by atoms with Gasteiger partial charge in [-0.2, -0.15) is 0 Å². The molecule has 0 aliphatic carbocycles. The first-order valence-electron chi connectivity index (χ1n) is 41.5. The van der Waals surface area contributed by atoms with Crippen LogP contribution in [0.15, 0.2) is 130 Å². The number of nitrogens with one attached hydrogen (secondary N) is 6. The Labute approximate surface area is 771 Å². The summed E-state index contributed by atoms with van der Waals surface area (Å²) in [5, 5.41) is 68.4. The normalized spacial score (nSPS) is 12.8. The number of hydrogen-bond acceptors (Lipinski definition) is 18. The monoisotopic (exact) mass is 2070 g/mol. The van der Waals surface area contributed by atoms with Gasteiger partial charge in [0.15, 0.2) is 0 Å². The first-order valence-corrected chi connectivity index (χ1v) is 41.5. The van der Waals surface area contributed by atoms with E-state index in [2.05, 4.69) is 69.4 Å². The quantitative estimate of drug-likeness (QED) is 0.0306. The van der Waals surface area contributed by atoms with E-state index in [4.69, 9.17) is 29.9 Å². The van der Waals surface area contributed by atoms with E-state index in [9.17, 15) is 59.4 Å². The Morgan fingerprint density at radius 1 is 0.242 bits per heavy atom. The Kier molecular flexibility index (Phi) is 29.5. The van der Waals surface area contributed by atoms with Crippen molar-refractivity contribution in [3.05, 3.63) is 266 Å². The first kappa shape index (κ1) is 95.2. The van der Waals surface area contributed by atoms with E-state index in [-0.39, 0.29) is 122 Å². The summed E-state index contributed by atoms with van der Waals surface area (Å²) in [7, 11) is 0. The van der Waals surface area contributed by atoms with Gasteiger partial charge >= 0.3 is 44.8 Å². The van der Waals surface area contributed by atoms with E-state index in [1.54, 1.807) is 18.2 Å². The van der Waals surface area contributed by atoms with Crippen molar-refractivity contribution in [3.8, 4) is 0 Å². The molecular formula is C102H96Au2N12O12. The summed E-state index contributed by atoms with van der Waals surface area (Å²) < 4.78 is 0. The van der Waals surface area contributed by atoms with Gasteiger partial charge in [-0.25, -0.2) is 29.9 Å². The maximum atomic E-state index is 11.4. The molecule has 128 heavy (non-hydrogen) atoms. The maximum absolute atomic E-state index is 11.4. The summed E-state index contributed by atoms with van der Waals surface area (Å²) in [6.45, 7) is 47.8. The van der Waals surface area contributed by atoms with Crippen LogP contribution >= 0.6 is 0 Å². The topological polar surface area (TPSA) is 413 Å². The molecule has 9 aromatic rings. The van der Waals surface area contributed by atoms with E-state index < -0.39 is 35.8 Å². The minimum atomic E-state index is -1.14. The fourth-order valence-corrected chi connectivity index (χ4v) is 17.3. The number of fused-ring (bicyclic) bond motifs is 24. The molecule has 658 valence electrons. The molecule has 15 rings (SSSR count). The van der Waals surface area contributed by atoms with Crippen LogP contribution in [0.1, 0.15) is 234 Å². The molecule has 6 N–H and O–H groups in total. The number of aromatic nitrogens is 12. The molecule has 0 saturated heterocycles. The third kappa shape index (κ3) is 19.4. The number of aryl methyl sites for hydroxylation is 9. The van der Waals surface area contributed by atoms with Crippen LogP contribution in [0.4, 0.5) is 0 Å². The second-order valence-electron chi connectivity index (χ2n) is 32.1. The summed E-state index contributed by atoms with van der Waals surface area (Å²) in [6.07, 6.45) is 11.4. The van der Waals surface area contributed by atoms with Crippen LogP contribution in [-0.2, 0) is 92.8 Å². The first-order chi connectivity index (χ1) is 60.0. The molecule has 6 aliphatic heterocycles. The predicted octanol–water partition coefficient (Wildman–Crippen LogP) is 14.5. The van der Waals surface area contributed by atoms with Crippen molar-refractivity contribution in [1.29, 1.82) is 0 Å². The molecule has 0 radical (unpaired) electrons. The van der Waals surface area contributed by atoms with Gasteiger partial charge in [0.1, 0.15) is 0 Å². The van der Waals surface area contributed by atoms with Gasteiger partial charge < -0.3 is 89.3 Å². The fraction of sp³-hybridized carbons (Fsp3) is 0.235. The second kappa shape index (κ2) is 39.6. The Morgan fingerprint density at radius 2 is 0.422 bits per heavy atom. The van der Waals surface area contributed by atoms with Crippen LogP contribution in [0.25, 0.3) is 151 Å². The molecule has 0 spiro atoms. The molecule has 0 atom stereocenters. The van der Waals surface area contributed by atoms with Crippen LogP contribution in [0, 0.1) is 41.5 Å². The molecule has 24 nitrogen and oxygen atoms in total. The van der Waals surface area contributed by atoms with Gasteiger partial charge in [0, 0.05) is 135 Å². The van der Waals surface area contributed by atoms with Gasteiger partial charge in [-0.1, -0.05) is 75.9 Å². The van der Waals surface area contributed by atoms with E-state index in [0.29, 0.717) is 50.7 Å². The molecule has 24 bridgehead atoms. The third-order valence-electron chi connectivity index (χ3n) is 24.6. The van der Waals surface area contributed by atoms with Crippen LogP contribution < -0.4 is 30.6 Å². The largest absolute Gasteiger partial charge is 3.00 e. The van der Waals surface area contributed by atoms with Gasteiger partial charge in [0.25, 0.3) is 0 Å². The number of carboxylic acid groups (broad SMARTS) is 6. The van der Waals surface area contributed by atoms with Crippen molar-refractivity contribution < 1.29 is 104 Å². The molecule has 0 fully saturated rings.